The van der Waals surface area contributed by atoms with Crippen LogP contribution in [0.1, 0.15) is 10.5 Å². The fourth-order valence-corrected chi connectivity index (χ4v) is 4.50. The van der Waals surface area contributed by atoms with Crippen LogP contribution < -0.4 is 16.3 Å². The molecule has 1 aliphatic rings. The zero-order valence-corrected chi connectivity index (χ0v) is 18.7. The third kappa shape index (κ3) is 3.95. The van der Waals surface area contributed by atoms with Gasteiger partial charge in [0.05, 0.1) is 10.7 Å². The molecule has 2 aromatic heterocycles. The van der Waals surface area contributed by atoms with Crippen molar-refractivity contribution < 1.29 is 13.6 Å². The number of hydrogen-bond donors (Lipinski definition) is 2. The monoisotopic (exact) mass is 482 g/mol. The summed E-state index contributed by atoms with van der Waals surface area (Å²) in [5.74, 6) is -0.0146. The Morgan fingerprint density at radius 2 is 1.94 bits per heavy atom. The van der Waals surface area contributed by atoms with Crippen LogP contribution in [0.4, 0.5) is 10.2 Å². The molecule has 5 rings (SSSR count). The normalized spacial score (nSPS) is 17.4. The van der Waals surface area contributed by atoms with Gasteiger partial charge in [-0.25, -0.2) is 14.2 Å². The zero-order chi connectivity index (χ0) is 26.5. The zero-order valence-electron chi connectivity index (χ0n) is 20.9. The molecule has 7 nitrogen and oxygen atoms in total. The average molecular weight is 483 g/mol. The molecule has 174 valence electrons. The maximum Gasteiger partial charge on any atom is 0.332 e. The highest BCUT2D eigenvalue weighted by Crippen LogP contribution is 2.41. The Morgan fingerprint density at radius 3 is 2.59 bits per heavy atom. The molecule has 9 heteroatoms. The summed E-state index contributed by atoms with van der Waals surface area (Å²) in [6.45, 7) is -1.20. The number of phenolic OH excluding ortho intramolecular Hbond substituents is 1. The summed E-state index contributed by atoms with van der Waals surface area (Å²) in [5.41, 5.74) is 6.97. The number of phenols is 1. The predicted molar refractivity (Wildman–Crippen MR) is 131 cm³/mol. The van der Waals surface area contributed by atoms with Gasteiger partial charge in [0.2, 0.25) is 0 Å². The van der Waals surface area contributed by atoms with Crippen molar-refractivity contribution in [3.05, 3.63) is 82.4 Å². The summed E-state index contributed by atoms with van der Waals surface area (Å²) in [7, 11) is 0. The Bertz CT molecular complexity index is 1550. The van der Waals surface area contributed by atoms with Gasteiger partial charge in [-0.1, -0.05) is 17.7 Å². The second kappa shape index (κ2) is 8.62. The number of pyridine rings is 1. The topological polar surface area (TPSA) is 89.3 Å². The van der Waals surface area contributed by atoms with E-state index in [1.54, 1.807) is 24.4 Å². The van der Waals surface area contributed by atoms with Crippen molar-refractivity contribution in [2.45, 2.75) is 12.5 Å². The quantitative estimate of drug-likeness (QED) is 0.460. The van der Waals surface area contributed by atoms with Gasteiger partial charge < -0.3 is 20.3 Å². The lowest BCUT2D eigenvalue weighted by molar-refractivity contribution is 0.477. The Kier molecular flexibility index (Phi) is 4.76. The van der Waals surface area contributed by atoms with Gasteiger partial charge in [0.1, 0.15) is 17.4 Å². The summed E-state index contributed by atoms with van der Waals surface area (Å²) in [6, 6.07) is 10.6. The van der Waals surface area contributed by atoms with Gasteiger partial charge in [-0.15, -0.1) is 0 Å². The van der Waals surface area contributed by atoms with Crippen LogP contribution in [0.25, 0.3) is 27.9 Å². The van der Waals surface area contributed by atoms with Crippen LogP contribution in [0.15, 0.2) is 65.8 Å². The Labute approximate surface area is 204 Å². The third-order valence-electron chi connectivity index (χ3n) is 5.98. The molecule has 3 heterocycles. The number of aromatic hydroxyl groups is 1. The number of nitrogens with zero attached hydrogens (tertiary/aromatic N) is 4. The van der Waals surface area contributed by atoms with Crippen molar-refractivity contribution in [3.8, 4) is 33.7 Å². The molecule has 1 aliphatic heterocycles. The molecule has 34 heavy (non-hydrogen) atoms. The third-order valence-corrected chi connectivity index (χ3v) is 6.28. The first-order chi connectivity index (χ1) is 17.5. The number of hydrogen-bond acceptors (Lipinski definition) is 5. The molecule has 0 radical (unpaired) electrons. The van der Waals surface area contributed by atoms with Crippen LogP contribution in [0.3, 0.4) is 0 Å². The van der Waals surface area contributed by atoms with Crippen molar-refractivity contribution in [1.82, 2.24) is 14.1 Å². The van der Waals surface area contributed by atoms with E-state index in [9.17, 15) is 14.3 Å². The number of halogens is 2. The summed E-state index contributed by atoms with van der Waals surface area (Å²) >= 11 is 6.45. The maximum absolute atomic E-state index is 14.8. The molecule has 0 amide bonds. The largest absolute Gasteiger partial charge is 0.507 e. The summed E-state index contributed by atoms with van der Waals surface area (Å²) in [5, 5.41) is 11.3. The number of aromatic nitrogens is 3. The summed E-state index contributed by atoms with van der Waals surface area (Å²) < 4.78 is 38.9. The molecule has 0 spiro atoms. The highest BCUT2D eigenvalue weighted by molar-refractivity contribution is 6.32. The minimum atomic E-state index is -2.63. The predicted octanol–water partition coefficient (Wildman–Crippen LogP) is 3.94. The van der Waals surface area contributed by atoms with Gasteiger partial charge in [0, 0.05) is 59.9 Å². The van der Waals surface area contributed by atoms with Gasteiger partial charge in [0.15, 0.2) is 0 Å². The molecule has 4 aromatic rings. The number of nitrogens with two attached hydrogens (primary N) is 1. The van der Waals surface area contributed by atoms with E-state index < -0.39 is 18.5 Å². The second-order valence-electron chi connectivity index (χ2n) is 8.23. The van der Waals surface area contributed by atoms with Crippen LogP contribution in [0, 0.1) is 5.82 Å². The lowest BCUT2D eigenvalue weighted by Crippen LogP contribution is -2.26. The van der Waals surface area contributed by atoms with E-state index in [1.165, 1.54) is 30.5 Å². The van der Waals surface area contributed by atoms with Crippen LogP contribution >= 0.6 is 11.6 Å². The molecule has 0 unspecified atom stereocenters. The Hall–Kier alpha value is -3.62. The Balaban J connectivity index is 1.53. The van der Waals surface area contributed by atoms with Crippen LogP contribution in [-0.2, 0) is 6.98 Å². The highest BCUT2D eigenvalue weighted by Gasteiger charge is 2.21. The number of anilines is 1. The number of rotatable bonds is 4. The molecular weight excluding hydrogens is 457 g/mol. The van der Waals surface area contributed by atoms with Crippen molar-refractivity contribution in [1.29, 1.82) is 0 Å². The number of aryl methyl sites for hydroxylation is 1. The van der Waals surface area contributed by atoms with Gasteiger partial charge in [-0.05, 0) is 53.9 Å². The van der Waals surface area contributed by atoms with Crippen molar-refractivity contribution >= 4 is 17.4 Å². The van der Waals surface area contributed by atoms with Gasteiger partial charge >= 0.3 is 5.69 Å². The van der Waals surface area contributed by atoms with Crippen molar-refractivity contribution in [2.24, 2.45) is 12.7 Å². The smallest absolute Gasteiger partial charge is 0.332 e. The van der Waals surface area contributed by atoms with Crippen LogP contribution in [0.5, 0.6) is 5.75 Å². The van der Waals surface area contributed by atoms with E-state index in [2.05, 4.69) is 4.98 Å². The minimum absolute atomic E-state index is 0.0650. The second-order valence-corrected chi connectivity index (χ2v) is 8.64. The summed E-state index contributed by atoms with van der Waals surface area (Å²) in [4.78, 5) is 19.0. The fourth-order valence-electron chi connectivity index (χ4n) is 4.22. The lowest BCUT2D eigenvalue weighted by Gasteiger charge is -2.18. The van der Waals surface area contributed by atoms with E-state index in [1.807, 2.05) is 4.90 Å². The molecular formula is C25H23ClFN5O2. The van der Waals surface area contributed by atoms with E-state index >= 15 is 0 Å². The van der Waals surface area contributed by atoms with E-state index in [0.29, 0.717) is 28.1 Å². The molecule has 3 N–H and O–H groups in total. The molecule has 0 aliphatic carbocycles. The van der Waals surface area contributed by atoms with E-state index in [4.69, 9.17) is 21.4 Å². The first-order valence-electron chi connectivity index (χ1n) is 12.1. The molecule has 1 saturated heterocycles. The number of imidazole rings is 1. The maximum atomic E-state index is 14.8. The van der Waals surface area contributed by atoms with Crippen LogP contribution in [0.2, 0.25) is 5.02 Å². The molecule has 1 atom stereocenters. The van der Waals surface area contributed by atoms with Crippen molar-refractivity contribution in [3.63, 3.8) is 0 Å². The van der Waals surface area contributed by atoms with E-state index in [-0.39, 0.29) is 33.6 Å². The lowest BCUT2D eigenvalue weighted by atomic mass is 9.97. The summed E-state index contributed by atoms with van der Waals surface area (Å²) in [6.07, 6.45) is 4.92. The molecule has 0 saturated carbocycles. The van der Waals surface area contributed by atoms with Gasteiger partial charge in [-0.3, -0.25) is 4.57 Å². The average Bonchev–Trinajstić information content (AvgIpc) is 3.46. The SMILES string of the molecule is [2H]C([2H])([2H])n1ccn(-c2ccc(-c3cc(F)cc(-c4ccnc(N5CC[C@H](N)C5)c4)c3O)cc2Cl)c1=O. The molecule has 1 fully saturated rings. The van der Waals surface area contributed by atoms with Gasteiger partial charge in [0.25, 0.3) is 0 Å². The minimum Gasteiger partial charge on any atom is -0.507 e. The molecule has 2 aromatic carbocycles. The fraction of sp³-hybridized carbons (Fsp3) is 0.200. The van der Waals surface area contributed by atoms with Crippen LogP contribution in [-0.4, -0.2) is 38.4 Å². The van der Waals surface area contributed by atoms with E-state index in [0.717, 1.165) is 23.7 Å². The first-order valence-corrected chi connectivity index (χ1v) is 11.0. The standard InChI is InChI=1S/C25H23ClFN5O2/c1-30-8-9-32(25(30)34)22-3-2-15(10-21(22)26)19-12-17(27)13-20(24(19)33)16-4-6-29-23(11-16)31-7-5-18(28)14-31/h2-4,6,8-13,18,33H,5,7,14,28H2,1H3/t18-/m0/s1/i1D3. The van der Waals surface area contributed by atoms with Crippen molar-refractivity contribution in [2.75, 3.05) is 18.0 Å². The molecule has 0 bridgehead atoms. The first kappa shape index (κ1) is 18.8. The van der Waals surface area contributed by atoms with Gasteiger partial charge in [-0.2, -0.15) is 0 Å². The highest BCUT2D eigenvalue weighted by atomic mass is 35.5. The Morgan fingerprint density at radius 1 is 1.18 bits per heavy atom. The number of benzene rings is 2.